The third kappa shape index (κ3) is 3.40. The van der Waals surface area contributed by atoms with Crippen molar-refractivity contribution in [1.82, 2.24) is 0 Å². The summed E-state index contributed by atoms with van der Waals surface area (Å²) in [7, 11) is 0. The molecular formula is C20H11NO6S. The zero-order chi connectivity index (χ0) is 19.7. The molecular weight excluding hydrogens is 382 g/mol. The number of hydrogen-bond donors (Lipinski definition) is 0. The third-order valence-corrected chi connectivity index (χ3v) is 4.80. The molecule has 1 aliphatic rings. The number of carbonyl (C=O) groups excluding carboxylic acids is 2. The number of benzene rings is 2. The van der Waals surface area contributed by atoms with Crippen molar-refractivity contribution < 1.29 is 24.0 Å². The first-order chi connectivity index (χ1) is 13.5. The smallest absolute Gasteiger partial charge is 0.343 e. The summed E-state index contributed by atoms with van der Waals surface area (Å²) in [5.74, 6) is -0.199. The van der Waals surface area contributed by atoms with Crippen molar-refractivity contribution in [2.24, 2.45) is 0 Å². The van der Waals surface area contributed by atoms with Crippen LogP contribution in [0.4, 0.5) is 5.69 Å². The Kier molecular flexibility index (Phi) is 4.46. The van der Waals surface area contributed by atoms with E-state index in [1.165, 1.54) is 53.8 Å². The van der Waals surface area contributed by atoms with Crippen molar-refractivity contribution in [1.29, 1.82) is 0 Å². The fraction of sp³-hybridized carbons (Fsp3) is 0. The topological polar surface area (TPSA) is 95.7 Å². The number of nitro groups is 1. The molecule has 1 aromatic heterocycles. The zero-order valence-corrected chi connectivity index (χ0v) is 15.0. The molecule has 0 bridgehead atoms. The van der Waals surface area contributed by atoms with Crippen LogP contribution in [0, 0.1) is 10.1 Å². The zero-order valence-electron chi connectivity index (χ0n) is 14.2. The quantitative estimate of drug-likeness (QED) is 0.213. The lowest BCUT2D eigenvalue weighted by Crippen LogP contribution is -2.08. The number of ketones is 1. The average molecular weight is 393 g/mol. The molecule has 138 valence electrons. The van der Waals surface area contributed by atoms with Gasteiger partial charge in [0.05, 0.1) is 16.1 Å². The first-order valence-corrected chi connectivity index (χ1v) is 8.98. The van der Waals surface area contributed by atoms with Crippen LogP contribution in [0.1, 0.15) is 25.6 Å². The molecule has 0 radical (unpaired) electrons. The number of allylic oxidation sites excluding steroid dienone is 1. The van der Waals surface area contributed by atoms with E-state index in [9.17, 15) is 19.7 Å². The van der Waals surface area contributed by atoms with Crippen molar-refractivity contribution in [3.63, 3.8) is 0 Å². The minimum Gasteiger partial charge on any atom is -0.452 e. The van der Waals surface area contributed by atoms with Crippen molar-refractivity contribution in [3.05, 3.63) is 91.9 Å². The van der Waals surface area contributed by atoms with Gasteiger partial charge in [0.15, 0.2) is 5.76 Å². The van der Waals surface area contributed by atoms with E-state index < -0.39 is 10.9 Å². The van der Waals surface area contributed by atoms with E-state index in [-0.39, 0.29) is 28.5 Å². The number of hydrogen-bond acceptors (Lipinski definition) is 7. The Labute approximate surface area is 162 Å². The fourth-order valence-electron chi connectivity index (χ4n) is 2.62. The second-order valence-corrected chi connectivity index (χ2v) is 6.79. The Morgan fingerprint density at radius 2 is 1.93 bits per heavy atom. The Hall–Kier alpha value is -3.78. The molecule has 0 saturated carbocycles. The van der Waals surface area contributed by atoms with E-state index in [0.29, 0.717) is 11.3 Å². The molecule has 2 heterocycles. The number of rotatable bonds is 4. The van der Waals surface area contributed by atoms with Crippen LogP contribution >= 0.6 is 11.3 Å². The van der Waals surface area contributed by atoms with Crippen LogP contribution in [0.3, 0.4) is 0 Å². The van der Waals surface area contributed by atoms with Gasteiger partial charge in [0.25, 0.3) is 5.69 Å². The van der Waals surface area contributed by atoms with E-state index in [4.69, 9.17) is 9.47 Å². The number of nitro benzene ring substituents is 1. The van der Waals surface area contributed by atoms with E-state index in [0.717, 1.165) is 4.88 Å². The van der Waals surface area contributed by atoms with Crippen molar-refractivity contribution in [3.8, 4) is 11.5 Å². The summed E-state index contributed by atoms with van der Waals surface area (Å²) in [6.45, 7) is 0. The Bertz CT molecular complexity index is 1120. The molecule has 3 aromatic rings. The van der Waals surface area contributed by atoms with Gasteiger partial charge in [-0.25, -0.2) is 4.79 Å². The summed E-state index contributed by atoms with van der Waals surface area (Å²) in [5, 5.41) is 12.6. The number of carbonyl (C=O) groups is 2. The summed E-state index contributed by atoms with van der Waals surface area (Å²) in [5.41, 5.74) is 0.436. The number of ether oxygens (including phenoxy) is 2. The van der Waals surface area contributed by atoms with E-state index in [2.05, 4.69) is 0 Å². The number of Topliss-reactive ketones (excluding diaryl/α,β-unsaturated/α-hetero) is 1. The average Bonchev–Trinajstić information content (AvgIpc) is 3.30. The molecule has 0 N–H and O–H groups in total. The summed E-state index contributed by atoms with van der Waals surface area (Å²) in [6.07, 6.45) is 1.66. The minimum absolute atomic E-state index is 0.119. The third-order valence-electron chi connectivity index (χ3n) is 3.98. The largest absolute Gasteiger partial charge is 0.452 e. The molecule has 0 saturated heterocycles. The lowest BCUT2D eigenvalue weighted by molar-refractivity contribution is -0.384. The highest BCUT2D eigenvalue weighted by atomic mass is 32.1. The first kappa shape index (κ1) is 17.6. The van der Waals surface area contributed by atoms with Gasteiger partial charge in [-0.2, -0.15) is 0 Å². The molecule has 0 spiro atoms. The van der Waals surface area contributed by atoms with E-state index in [1.54, 1.807) is 6.08 Å². The highest BCUT2D eigenvalue weighted by Crippen LogP contribution is 2.35. The van der Waals surface area contributed by atoms with Gasteiger partial charge in [0, 0.05) is 29.2 Å². The fourth-order valence-corrected chi connectivity index (χ4v) is 3.27. The lowest BCUT2D eigenvalue weighted by atomic mass is 10.1. The Morgan fingerprint density at radius 3 is 2.61 bits per heavy atom. The molecule has 4 rings (SSSR count). The molecule has 2 aromatic carbocycles. The lowest BCUT2D eigenvalue weighted by Gasteiger charge is -2.05. The van der Waals surface area contributed by atoms with Crippen molar-refractivity contribution in [2.75, 3.05) is 0 Å². The van der Waals surface area contributed by atoms with Crippen LogP contribution in [0.15, 0.2) is 65.7 Å². The molecule has 0 fully saturated rings. The second-order valence-electron chi connectivity index (χ2n) is 5.81. The minimum atomic E-state index is -0.673. The van der Waals surface area contributed by atoms with Gasteiger partial charge in [-0.15, -0.1) is 11.3 Å². The van der Waals surface area contributed by atoms with Crippen LogP contribution in [0.2, 0.25) is 0 Å². The van der Waals surface area contributed by atoms with Gasteiger partial charge in [0.1, 0.15) is 11.5 Å². The highest BCUT2D eigenvalue weighted by molar-refractivity contribution is 7.10. The number of non-ortho nitro benzene ring substituents is 1. The highest BCUT2D eigenvalue weighted by Gasteiger charge is 2.28. The maximum absolute atomic E-state index is 12.4. The SMILES string of the molecule is O=C(Oc1ccc2c(c1)OC(=Cc1cccs1)C2=O)c1ccc([N+](=O)[O-])cc1. The molecule has 0 aliphatic carbocycles. The maximum atomic E-state index is 12.4. The molecule has 7 nitrogen and oxygen atoms in total. The summed E-state index contributed by atoms with van der Waals surface area (Å²) < 4.78 is 10.9. The summed E-state index contributed by atoms with van der Waals surface area (Å²) in [4.78, 5) is 35.7. The van der Waals surface area contributed by atoms with Gasteiger partial charge >= 0.3 is 5.97 Å². The Morgan fingerprint density at radius 1 is 1.14 bits per heavy atom. The van der Waals surface area contributed by atoms with Gasteiger partial charge in [-0.05, 0) is 35.7 Å². The van der Waals surface area contributed by atoms with Crippen LogP contribution in [0.5, 0.6) is 11.5 Å². The van der Waals surface area contributed by atoms with Crippen LogP contribution in [-0.2, 0) is 0 Å². The number of esters is 1. The molecule has 28 heavy (non-hydrogen) atoms. The summed E-state index contributed by atoms with van der Waals surface area (Å²) >= 11 is 1.48. The monoisotopic (exact) mass is 393 g/mol. The number of nitrogens with zero attached hydrogens (tertiary/aromatic N) is 1. The first-order valence-electron chi connectivity index (χ1n) is 8.10. The summed E-state index contributed by atoms with van der Waals surface area (Å²) in [6, 6.07) is 13.3. The van der Waals surface area contributed by atoms with Crippen LogP contribution in [-0.4, -0.2) is 16.7 Å². The van der Waals surface area contributed by atoms with Crippen LogP contribution < -0.4 is 9.47 Å². The number of fused-ring (bicyclic) bond motifs is 1. The predicted molar refractivity (Wildman–Crippen MR) is 102 cm³/mol. The van der Waals surface area contributed by atoms with Crippen molar-refractivity contribution >= 4 is 34.9 Å². The second kappa shape index (κ2) is 7.09. The number of thiophene rings is 1. The van der Waals surface area contributed by atoms with E-state index in [1.807, 2.05) is 17.5 Å². The standard InChI is InChI=1S/C20H11NO6S/c22-19-16-8-7-14(10-17(16)27-18(19)11-15-2-1-9-28-15)26-20(23)12-3-5-13(6-4-12)21(24)25/h1-11H. The molecule has 8 heteroatoms. The van der Waals surface area contributed by atoms with Crippen molar-refractivity contribution in [2.45, 2.75) is 0 Å². The van der Waals surface area contributed by atoms with Gasteiger partial charge in [-0.3, -0.25) is 14.9 Å². The van der Waals surface area contributed by atoms with Crippen LogP contribution in [0.25, 0.3) is 6.08 Å². The molecule has 1 aliphatic heterocycles. The predicted octanol–water partition coefficient (Wildman–Crippen LogP) is 4.49. The van der Waals surface area contributed by atoms with Gasteiger partial charge < -0.3 is 9.47 Å². The van der Waals surface area contributed by atoms with E-state index >= 15 is 0 Å². The Balaban J connectivity index is 1.52. The molecule has 0 atom stereocenters. The normalized spacial score (nSPS) is 13.9. The maximum Gasteiger partial charge on any atom is 0.343 e. The van der Waals surface area contributed by atoms with Gasteiger partial charge in [0.2, 0.25) is 5.78 Å². The van der Waals surface area contributed by atoms with Gasteiger partial charge in [-0.1, -0.05) is 6.07 Å². The molecule has 0 unspecified atom stereocenters. The molecule has 0 amide bonds.